The molecule has 0 amide bonds. The van der Waals surface area contributed by atoms with E-state index in [0.29, 0.717) is 16.9 Å². The summed E-state index contributed by atoms with van der Waals surface area (Å²) < 4.78 is 6.48. The van der Waals surface area contributed by atoms with E-state index in [4.69, 9.17) is 4.74 Å². The van der Waals surface area contributed by atoms with Crippen LogP contribution in [0.25, 0.3) is 0 Å². The van der Waals surface area contributed by atoms with Crippen molar-refractivity contribution >= 4 is 0 Å². The van der Waals surface area contributed by atoms with Crippen molar-refractivity contribution in [2.45, 2.75) is 91.8 Å². The molecular weight excluding hydrogens is 268 g/mol. The largest absolute Gasteiger partial charge is 0.372 e. The highest BCUT2D eigenvalue weighted by atomic mass is 16.5. The van der Waals surface area contributed by atoms with Gasteiger partial charge < -0.3 is 4.74 Å². The van der Waals surface area contributed by atoms with Crippen LogP contribution >= 0.6 is 0 Å². The van der Waals surface area contributed by atoms with Gasteiger partial charge in [0.1, 0.15) is 0 Å². The van der Waals surface area contributed by atoms with Crippen LogP contribution in [0.5, 0.6) is 0 Å². The monoisotopic (exact) mass is 304 g/mol. The average Bonchev–Trinajstić information content (AvgIpc) is 2.85. The van der Waals surface area contributed by atoms with E-state index in [0.717, 1.165) is 29.6 Å². The minimum atomic E-state index is 0.126. The molecule has 1 heteroatoms. The van der Waals surface area contributed by atoms with Crippen molar-refractivity contribution in [2.75, 3.05) is 0 Å². The normalized spacial score (nSPS) is 55.4. The van der Waals surface area contributed by atoms with Gasteiger partial charge in [-0.05, 0) is 92.8 Å². The fraction of sp³-hybridized carbons (Fsp3) is 1.00. The van der Waals surface area contributed by atoms with Gasteiger partial charge >= 0.3 is 0 Å². The molecule has 126 valence electrons. The van der Waals surface area contributed by atoms with Gasteiger partial charge in [-0.2, -0.15) is 0 Å². The zero-order valence-electron chi connectivity index (χ0n) is 15.6. The van der Waals surface area contributed by atoms with Gasteiger partial charge in [0.05, 0.1) is 11.7 Å². The fourth-order valence-electron chi connectivity index (χ4n) is 7.37. The minimum Gasteiger partial charge on any atom is -0.372 e. The Morgan fingerprint density at radius 2 is 1.59 bits per heavy atom. The Morgan fingerprint density at radius 3 is 2.32 bits per heavy atom. The minimum absolute atomic E-state index is 0.126. The highest BCUT2D eigenvalue weighted by Gasteiger charge is 2.63. The molecule has 1 heterocycles. The van der Waals surface area contributed by atoms with Gasteiger partial charge in [-0.25, -0.2) is 0 Å². The number of hydrogen-bond donors (Lipinski definition) is 0. The Morgan fingerprint density at radius 1 is 0.864 bits per heavy atom. The van der Waals surface area contributed by atoms with Gasteiger partial charge in [-0.1, -0.05) is 27.7 Å². The average molecular weight is 305 g/mol. The van der Waals surface area contributed by atoms with Gasteiger partial charge in [0, 0.05) is 0 Å². The molecule has 0 aromatic carbocycles. The lowest BCUT2D eigenvalue weighted by Gasteiger charge is -2.57. The van der Waals surface area contributed by atoms with Crippen LogP contribution < -0.4 is 0 Å². The molecule has 0 N–H and O–H groups in total. The van der Waals surface area contributed by atoms with Crippen LogP contribution in [0.1, 0.15) is 80.1 Å². The molecule has 3 saturated carbocycles. The number of rotatable bonds is 0. The van der Waals surface area contributed by atoms with Crippen LogP contribution in [-0.2, 0) is 4.74 Å². The van der Waals surface area contributed by atoms with Crippen LogP contribution in [0.4, 0.5) is 0 Å². The highest BCUT2D eigenvalue weighted by Crippen LogP contribution is 2.68. The van der Waals surface area contributed by atoms with Crippen molar-refractivity contribution < 1.29 is 4.74 Å². The van der Waals surface area contributed by atoms with E-state index in [1.165, 1.54) is 38.5 Å². The van der Waals surface area contributed by atoms with E-state index in [9.17, 15) is 0 Å². The third-order valence-electron chi connectivity index (χ3n) is 9.00. The molecule has 0 aromatic heterocycles. The quantitative estimate of drug-likeness (QED) is 0.559. The first kappa shape index (κ1) is 15.5. The number of hydrogen-bond acceptors (Lipinski definition) is 1. The van der Waals surface area contributed by atoms with E-state index in [1.807, 2.05) is 0 Å². The smallest absolute Gasteiger partial charge is 0.0634 e. The molecule has 1 nitrogen and oxygen atoms in total. The molecule has 3 aliphatic carbocycles. The summed E-state index contributed by atoms with van der Waals surface area (Å²) in [6, 6.07) is 0. The summed E-state index contributed by atoms with van der Waals surface area (Å²) in [5, 5.41) is 0. The van der Waals surface area contributed by atoms with Crippen molar-refractivity contribution in [1.82, 2.24) is 0 Å². The molecule has 22 heavy (non-hydrogen) atoms. The molecule has 0 aromatic rings. The number of fused-ring (bicyclic) bond motifs is 5. The molecule has 4 aliphatic rings. The maximum absolute atomic E-state index is 6.48. The van der Waals surface area contributed by atoms with Crippen LogP contribution in [0.2, 0.25) is 0 Å². The molecule has 4 fully saturated rings. The summed E-state index contributed by atoms with van der Waals surface area (Å²) >= 11 is 0. The van der Waals surface area contributed by atoms with Crippen LogP contribution in [0.3, 0.4) is 0 Å². The lowest BCUT2D eigenvalue weighted by Crippen LogP contribution is -2.50. The van der Waals surface area contributed by atoms with Gasteiger partial charge in [-0.15, -0.1) is 0 Å². The summed E-state index contributed by atoms with van der Waals surface area (Å²) in [5.74, 6) is 4.60. The molecule has 7 atom stereocenters. The van der Waals surface area contributed by atoms with E-state index < -0.39 is 0 Å². The standard InChI is InChI=1S/C21H36O/c1-13-7-8-14-15(20(13,4)5)9-10-21(6)16(14)11-18-17(21)12-19(2,3)22-18/h13-18H,7-12H2,1-6H3/t13?,14?,15?,16-,17-,18?,21?/m0/s1. The van der Waals surface area contributed by atoms with Crippen molar-refractivity contribution in [2.24, 2.45) is 40.4 Å². The summed E-state index contributed by atoms with van der Waals surface area (Å²) in [6.45, 7) is 14.9. The highest BCUT2D eigenvalue weighted by molar-refractivity contribution is 5.12. The molecule has 0 spiro atoms. The third-order valence-corrected chi connectivity index (χ3v) is 9.00. The van der Waals surface area contributed by atoms with Crippen molar-refractivity contribution in [3.63, 3.8) is 0 Å². The van der Waals surface area contributed by atoms with Gasteiger partial charge in [0.2, 0.25) is 0 Å². The first-order valence-electron chi connectivity index (χ1n) is 9.83. The molecular formula is C21H36O. The molecule has 5 unspecified atom stereocenters. The van der Waals surface area contributed by atoms with Crippen molar-refractivity contribution in [3.8, 4) is 0 Å². The van der Waals surface area contributed by atoms with Crippen LogP contribution in [-0.4, -0.2) is 11.7 Å². The zero-order valence-corrected chi connectivity index (χ0v) is 15.6. The maximum atomic E-state index is 6.48. The second-order valence-corrected chi connectivity index (χ2v) is 10.7. The first-order valence-corrected chi connectivity index (χ1v) is 9.83. The molecule has 1 saturated heterocycles. The van der Waals surface area contributed by atoms with E-state index in [2.05, 4.69) is 41.5 Å². The second kappa shape index (κ2) is 4.52. The van der Waals surface area contributed by atoms with Crippen molar-refractivity contribution in [3.05, 3.63) is 0 Å². The van der Waals surface area contributed by atoms with Gasteiger partial charge in [-0.3, -0.25) is 0 Å². The second-order valence-electron chi connectivity index (χ2n) is 10.7. The summed E-state index contributed by atoms with van der Waals surface area (Å²) in [7, 11) is 0. The molecule has 0 bridgehead atoms. The van der Waals surface area contributed by atoms with Crippen LogP contribution in [0, 0.1) is 40.4 Å². The first-order chi connectivity index (χ1) is 10.2. The third kappa shape index (κ3) is 1.93. The summed E-state index contributed by atoms with van der Waals surface area (Å²) in [6.07, 6.45) is 9.07. The molecule has 4 rings (SSSR count). The lowest BCUT2D eigenvalue weighted by atomic mass is 9.47. The predicted octanol–water partition coefficient (Wildman–Crippen LogP) is 5.68. The number of ether oxygens (including phenoxy) is 1. The summed E-state index contributed by atoms with van der Waals surface area (Å²) in [5.41, 5.74) is 1.23. The van der Waals surface area contributed by atoms with Gasteiger partial charge in [0.25, 0.3) is 0 Å². The zero-order chi connectivity index (χ0) is 15.9. The fourth-order valence-corrected chi connectivity index (χ4v) is 7.37. The predicted molar refractivity (Wildman–Crippen MR) is 91.7 cm³/mol. The SMILES string of the molecule is CC1CCC2C(CCC3(C)[C@H]4CC(C)(C)OC4C[C@@H]23)C1(C)C. The van der Waals surface area contributed by atoms with Crippen molar-refractivity contribution in [1.29, 1.82) is 0 Å². The topological polar surface area (TPSA) is 9.23 Å². The van der Waals surface area contributed by atoms with E-state index >= 15 is 0 Å². The maximum Gasteiger partial charge on any atom is 0.0634 e. The van der Waals surface area contributed by atoms with Gasteiger partial charge in [0.15, 0.2) is 0 Å². The molecule has 1 aliphatic heterocycles. The van der Waals surface area contributed by atoms with E-state index in [1.54, 1.807) is 0 Å². The summed E-state index contributed by atoms with van der Waals surface area (Å²) in [4.78, 5) is 0. The van der Waals surface area contributed by atoms with Crippen LogP contribution in [0.15, 0.2) is 0 Å². The Kier molecular flexibility index (Phi) is 3.18. The Labute approximate surface area is 137 Å². The molecule has 0 radical (unpaired) electrons. The van der Waals surface area contributed by atoms with E-state index in [-0.39, 0.29) is 5.60 Å². The Balaban J connectivity index is 1.63. The Bertz CT molecular complexity index is 465. The lowest BCUT2D eigenvalue weighted by molar-refractivity contribution is -0.0879. The Hall–Kier alpha value is -0.0400.